The van der Waals surface area contributed by atoms with Gasteiger partial charge in [0, 0.05) is 18.7 Å². The molecule has 26 heavy (non-hydrogen) atoms. The first-order valence-electron chi connectivity index (χ1n) is 7.80. The third-order valence-corrected chi connectivity index (χ3v) is 4.01. The maximum Gasteiger partial charge on any atom is 0.331 e. The minimum Gasteiger partial charge on any atom is -0.495 e. The fourth-order valence-electron chi connectivity index (χ4n) is 2.28. The van der Waals surface area contributed by atoms with Crippen molar-refractivity contribution in [3.05, 3.63) is 46.2 Å². The van der Waals surface area contributed by atoms with Gasteiger partial charge in [0.2, 0.25) is 0 Å². The molecular formula is C18H20ClN3O4. The number of carbonyl (C=O) groups excluding carboxylic acids is 2. The van der Waals surface area contributed by atoms with Crippen LogP contribution in [0.5, 0.6) is 5.75 Å². The summed E-state index contributed by atoms with van der Waals surface area (Å²) in [4.78, 5) is 23.8. The van der Waals surface area contributed by atoms with Gasteiger partial charge in [-0.25, -0.2) is 4.79 Å². The quantitative estimate of drug-likeness (QED) is 0.618. The molecule has 1 aromatic carbocycles. The fourth-order valence-corrected chi connectivity index (χ4v) is 2.52. The van der Waals surface area contributed by atoms with E-state index in [-0.39, 0.29) is 0 Å². The van der Waals surface area contributed by atoms with Crippen LogP contribution in [0.25, 0.3) is 6.08 Å². The number of ether oxygens (including phenoxy) is 2. The van der Waals surface area contributed by atoms with Gasteiger partial charge in [0.05, 0.1) is 18.5 Å². The number of aromatic nitrogens is 2. The summed E-state index contributed by atoms with van der Waals surface area (Å²) in [6, 6.07) is 5.39. The molecular weight excluding hydrogens is 358 g/mol. The second kappa shape index (κ2) is 8.53. The molecule has 0 radical (unpaired) electrons. The van der Waals surface area contributed by atoms with Crippen molar-refractivity contribution in [2.75, 3.05) is 19.0 Å². The molecule has 0 saturated carbocycles. The molecule has 0 aliphatic carbocycles. The number of aryl methyl sites for hydroxylation is 3. The van der Waals surface area contributed by atoms with E-state index in [2.05, 4.69) is 10.4 Å². The van der Waals surface area contributed by atoms with E-state index in [0.717, 1.165) is 5.56 Å². The summed E-state index contributed by atoms with van der Waals surface area (Å²) in [5.74, 6) is -0.598. The molecule has 8 heteroatoms. The fraction of sp³-hybridized carbons (Fsp3) is 0.278. The lowest BCUT2D eigenvalue weighted by molar-refractivity contribution is -0.142. The third-order valence-electron chi connectivity index (χ3n) is 3.56. The van der Waals surface area contributed by atoms with Crippen LogP contribution in [-0.4, -0.2) is 35.4 Å². The van der Waals surface area contributed by atoms with E-state index in [4.69, 9.17) is 21.1 Å². The van der Waals surface area contributed by atoms with Crippen molar-refractivity contribution in [3.8, 4) is 5.75 Å². The predicted molar refractivity (Wildman–Crippen MR) is 99.3 cm³/mol. The summed E-state index contributed by atoms with van der Waals surface area (Å²) in [6.45, 7) is 3.26. The summed E-state index contributed by atoms with van der Waals surface area (Å²) in [5, 5.41) is 7.20. The van der Waals surface area contributed by atoms with Crippen molar-refractivity contribution >= 4 is 35.2 Å². The highest BCUT2D eigenvalue weighted by Gasteiger charge is 2.11. The van der Waals surface area contributed by atoms with E-state index in [1.54, 1.807) is 26.1 Å². The third kappa shape index (κ3) is 4.86. The summed E-state index contributed by atoms with van der Waals surface area (Å²) < 4.78 is 11.6. The van der Waals surface area contributed by atoms with E-state index in [0.29, 0.717) is 27.8 Å². The van der Waals surface area contributed by atoms with E-state index < -0.39 is 18.5 Å². The van der Waals surface area contributed by atoms with Gasteiger partial charge >= 0.3 is 5.97 Å². The van der Waals surface area contributed by atoms with Gasteiger partial charge in [-0.05, 0) is 37.6 Å². The Morgan fingerprint density at radius 1 is 1.35 bits per heavy atom. The molecule has 0 saturated heterocycles. The number of anilines is 1. The van der Waals surface area contributed by atoms with Crippen LogP contribution in [0, 0.1) is 13.8 Å². The van der Waals surface area contributed by atoms with E-state index in [1.165, 1.54) is 23.9 Å². The van der Waals surface area contributed by atoms with Gasteiger partial charge in [-0.2, -0.15) is 5.10 Å². The molecule has 1 N–H and O–H groups in total. The maximum atomic E-state index is 12.0. The van der Waals surface area contributed by atoms with Crippen molar-refractivity contribution in [1.82, 2.24) is 9.78 Å². The predicted octanol–water partition coefficient (Wildman–Crippen LogP) is 2.89. The molecule has 0 unspecified atom stereocenters. The number of rotatable bonds is 6. The Labute approximate surface area is 156 Å². The van der Waals surface area contributed by atoms with Crippen LogP contribution in [-0.2, 0) is 21.4 Å². The molecule has 7 nitrogen and oxygen atoms in total. The molecule has 0 atom stereocenters. The Hall–Kier alpha value is -2.80. The number of methoxy groups -OCH3 is 1. The minimum atomic E-state index is -0.657. The Kier molecular flexibility index (Phi) is 6.41. The van der Waals surface area contributed by atoms with Crippen LogP contribution in [0.3, 0.4) is 0 Å². The van der Waals surface area contributed by atoms with Gasteiger partial charge in [0.25, 0.3) is 5.91 Å². The first-order valence-corrected chi connectivity index (χ1v) is 8.18. The second-order valence-corrected chi connectivity index (χ2v) is 5.96. The number of benzene rings is 1. The lowest BCUT2D eigenvalue weighted by Gasteiger charge is -2.10. The minimum absolute atomic E-state index is 0.413. The number of nitrogens with one attached hydrogen (secondary N) is 1. The van der Waals surface area contributed by atoms with Gasteiger partial charge < -0.3 is 14.8 Å². The second-order valence-electron chi connectivity index (χ2n) is 5.61. The largest absolute Gasteiger partial charge is 0.495 e. The summed E-state index contributed by atoms with van der Waals surface area (Å²) in [5.41, 5.74) is 2.79. The highest BCUT2D eigenvalue weighted by atomic mass is 35.5. The molecule has 1 amide bonds. The lowest BCUT2D eigenvalue weighted by atomic mass is 10.2. The summed E-state index contributed by atoms with van der Waals surface area (Å²) >= 11 is 6.08. The van der Waals surface area contributed by atoms with Crippen LogP contribution in [0.2, 0.25) is 5.15 Å². The zero-order valence-corrected chi connectivity index (χ0v) is 15.8. The van der Waals surface area contributed by atoms with Crippen molar-refractivity contribution in [2.24, 2.45) is 7.05 Å². The van der Waals surface area contributed by atoms with Gasteiger partial charge in [0.1, 0.15) is 10.9 Å². The molecule has 0 bridgehead atoms. The molecule has 2 rings (SSSR count). The molecule has 138 valence electrons. The monoisotopic (exact) mass is 377 g/mol. The molecule has 0 fully saturated rings. The number of nitrogens with zero attached hydrogens (tertiary/aromatic N) is 2. The van der Waals surface area contributed by atoms with E-state index in [1.807, 2.05) is 13.0 Å². The van der Waals surface area contributed by atoms with Crippen LogP contribution < -0.4 is 10.1 Å². The Bertz CT molecular complexity index is 858. The van der Waals surface area contributed by atoms with Crippen molar-refractivity contribution in [2.45, 2.75) is 13.8 Å². The Morgan fingerprint density at radius 3 is 2.69 bits per heavy atom. The number of amides is 1. The standard InChI is InChI=1S/C18H20ClN3O4/c1-11-5-7-15(25-4)14(9-11)20-16(23)10-26-17(24)8-6-13-12(2)21-22(3)18(13)19/h5-9H,10H2,1-4H3,(H,20,23)/b8-6+. The van der Waals surface area contributed by atoms with Gasteiger partial charge in [-0.15, -0.1) is 0 Å². The average molecular weight is 378 g/mol. The van der Waals surface area contributed by atoms with Crippen LogP contribution >= 0.6 is 11.6 Å². The number of hydrogen-bond donors (Lipinski definition) is 1. The summed E-state index contributed by atoms with van der Waals surface area (Å²) in [7, 11) is 3.21. The first kappa shape index (κ1) is 19.5. The average Bonchev–Trinajstić information content (AvgIpc) is 2.83. The molecule has 0 aliphatic rings. The van der Waals surface area contributed by atoms with Gasteiger partial charge in [-0.3, -0.25) is 9.48 Å². The smallest absolute Gasteiger partial charge is 0.331 e. The normalized spacial score (nSPS) is 10.8. The zero-order chi connectivity index (χ0) is 19.3. The molecule has 1 aromatic heterocycles. The maximum absolute atomic E-state index is 12.0. The number of carbonyl (C=O) groups is 2. The van der Waals surface area contributed by atoms with Crippen molar-refractivity contribution in [3.63, 3.8) is 0 Å². The summed E-state index contributed by atoms with van der Waals surface area (Å²) in [6.07, 6.45) is 2.71. The Balaban J connectivity index is 1.92. The number of esters is 1. The molecule has 0 aliphatic heterocycles. The number of halogens is 1. The van der Waals surface area contributed by atoms with Crippen molar-refractivity contribution < 1.29 is 19.1 Å². The molecule has 0 spiro atoms. The van der Waals surface area contributed by atoms with Gasteiger partial charge in [0.15, 0.2) is 6.61 Å². The molecule has 1 heterocycles. The van der Waals surface area contributed by atoms with E-state index in [9.17, 15) is 9.59 Å². The van der Waals surface area contributed by atoms with Gasteiger partial charge in [-0.1, -0.05) is 17.7 Å². The number of hydrogen-bond acceptors (Lipinski definition) is 5. The molecule has 2 aromatic rings. The van der Waals surface area contributed by atoms with Crippen LogP contribution in [0.4, 0.5) is 5.69 Å². The highest BCUT2D eigenvalue weighted by molar-refractivity contribution is 6.31. The van der Waals surface area contributed by atoms with Crippen molar-refractivity contribution in [1.29, 1.82) is 0 Å². The Morgan fingerprint density at radius 2 is 2.08 bits per heavy atom. The van der Waals surface area contributed by atoms with E-state index >= 15 is 0 Å². The van der Waals surface area contributed by atoms with Crippen LogP contribution in [0.15, 0.2) is 24.3 Å². The van der Waals surface area contributed by atoms with Crippen LogP contribution in [0.1, 0.15) is 16.8 Å². The first-order chi connectivity index (χ1) is 12.3. The topological polar surface area (TPSA) is 82.4 Å². The zero-order valence-electron chi connectivity index (χ0n) is 15.0. The lowest BCUT2D eigenvalue weighted by Crippen LogP contribution is -2.20. The highest BCUT2D eigenvalue weighted by Crippen LogP contribution is 2.25. The SMILES string of the molecule is COc1ccc(C)cc1NC(=O)COC(=O)/C=C/c1c(C)nn(C)c1Cl.